The highest BCUT2D eigenvalue weighted by Crippen LogP contribution is 2.31. The zero-order chi connectivity index (χ0) is 14.7. The van der Waals surface area contributed by atoms with Crippen LogP contribution in [0.2, 0.25) is 5.02 Å². The minimum Gasteiger partial charge on any atom is -0.312 e. The molecule has 0 saturated carbocycles. The fourth-order valence-corrected chi connectivity index (χ4v) is 2.83. The van der Waals surface area contributed by atoms with E-state index in [2.05, 4.69) is 40.2 Å². The summed E-state index contributed by atoms with van der Waals surface area (Å²) < 4.78 is 2.81. The summed E-state index contributed by atoms with van der Waals surface area (Å²) in [6.45, 7) is 6.18. The van der Waals surface area contributed by atoms with Crippen LogP contribution >= 0.6 is 27.5 Å². The standard InChI is InChI=1S/C15H19BrClN3/c1-10(2)7-18-8-11-9-20(3)19-15(11)13-5-4-12(16)6-14(13)17/h4-6,9-10,18H,7-8H2,1-3H3. The quantitative estimate of drug-likeness (QED) is 0.868. The third-order valence-electron chi connectivity index (χ3n) is 2.96. The number of aryl methyl sites for hydroxylation is 1. The number of halogens is 2. The second-order valence-electron chi connectivity index (χ2n) is 5.33. The second-order valence-corrected chi connectivity index (χ2v) is 6.65. The SMILES string of the molecule is CC(C)CNCc1cn(C)nc1-c1ccc(Br)cc1Cl. The summed E-state index contributed by atoms with van der Waals surface area (Å²) in [7, 11) is 1.93. The summed E-state index contributed by atoms with van der Waals surface area (Å²) in [6, 6.07) is 5.89. The molecule has 108 valence electrons. The van der Waals surface area contributed by atoms with Crippen LogP contribution in [-0.4, -0.2) is 16.3 Å². The molecule has 0 unspecified atom stereocenters. The molecular weight excluding hydrogens is 338 g/mol. The van der Waals surface area contributed by atoms with Crippen molar-refractivity contribution in [3.05, 3.63) is 39.5 Å². The third-order valence-corrected chi connectivity index (χ3v) is 3.76. The van der Waals surface area contributed by atoms with E-state index in [9.17, 15) is 0 Å². The Kier molecular flexibility index (Phi) is 5.24. The van der Waals surface area contributed by atoms with Gasteiger partial charge in [0.1, 0.15) is 0 Å². The highest BCUT2D eigenvalue weighted by Gasteiger charge is 2.13. The molecule has 5 heteroatoms. The highest BCUT2D eigenvalue weighted by molar-refractivity contribution is 9.10. The van der Waals surface area contributed by atoms with Crippen molar-refractivity contribution >= 4 is 27.5 Å². The molecule has 0 bridgehead atoms. The molecule has 0 amide bonds. The van der Waals surface area contributed by atoms with Gasteiger partial charge in [0.2, 0.25) is 0 Å². The van der Waals surface area contributed by atoms with Gasteiger partial charge in [-0.1, -0.05) is 47.4 Å². The zero-order valence-electron chi connectivity index (χ0n) is 12.0. The number of aromatic nitrogens is 2. The topological polar surface area (TPSA) is 29.9 Å². The van der Waals surface area contributed by atoms with Gasteiger partial charge in [-0.25, -0.2) is 0 Å². The summed E-state index contributed by atoms with van der Waals surface area (Å²) >= 11 is 9.76. The van der Waals surface area contributed by atoms with E-state index < -0.39 is 0 Å². The first-order valence-electron chi connectivity index (χ1n) is 6.66. The molecule has 0 aliphatic carbocycles. The Morgan fingerprint density at radius 2 is 2.15 bits per heavy atom. The average molecular weight is 357 g/mol. The minimum atomic E-state index is 0.631. The fourth-order valence-electron chi connectivity index (χ4n) is 2.07. The molecule has 0 aliphatic heterocycles. The molecule has 2 aromatic rings. The molecule has 0 atom stereocenters. The van der Waals surface area contributed by atoms with Gasteiger partial charge in [0.15, 0.2) is 0 Å². The van der Waals surface area contributed by atoms with E-state index in [0.717, 1.165) is 34.4 Å². The Hall–Kier alpha value is -0.840. The maximum absolute atomic E-state index is 6.33. The van der Waals surface area contributed by atoms with Crippen LogP contribution < -0.4 is 5.32 Å². The highest BCUT2D eigenvalue weighted by atomic mass is 79.9. The smallest absolute Gasteiger partial charge is 0.0982 e. The molecule has 1 N–H and O–H groups in total. The summed E-state index contributed by atoms with van der Waals surface area (Å²) in [6.07, 6.45) is 2.04. The Morgan fingerprint density at radius 1 is 1.40 bits per heavy atom. The molecule has 0 fully saturated rings. The Labute approximate surface area is 133 Å². The van der Waals surface area contributed by atoms with E-state index in [1.54, 1.807) is 0 Å². The number of nitrogens with one attached hydrogen (secondary N) is 1. The van der Waals surface area contributed by atoms with Gasteiger partial charge in [-0.05, 0) is 24.6 Å². The van der Waals surface area contributed by atoms with Crippen LogP contribution in [0.15, 0.2) is 28.9 Å². The molecule has 1 heterocycles. The Balaban J connectivity index is 2.27. The van der Waals surface area contributed by atoms with Crippen LogP contribution in [0.3, 0.4) is 0 Å². The molecule has 3 nitrogen and oxygen atoms in total. The van der Waals surface area contributed by atoms with Crippen molar-refractivity contribution in [3.63, 3.8) is 0 Å². The van der Waals surface area contributed by atoms with Crippen LogP contribution in [0.5, 0.6) is 0 Å². The van der Waals surface area contributed by atoms with Gasteiger partial charge in [-0.3, -0.25) is 4.68 Å². The van der Waals surface area contributed by atoms with Crippen molar-refractivity contribution in [1.82, 2.24) is 15.1 Å². The molecule has 20 heavy (non-hydrogen) atoms. The van der Waals surface area contributed by atoms with Crippen molar-refractivity contribution in [2.45, 2.75) is 20.4 Å². The first-order valence-corrected chi connectivity index (χ1v) is 7.83. The van der Waals surface area contributed by atoms with E-state index in [1.165, 1.54) is 0 Å². The van der Waals surface area contributed by atoms with Crippen molar-refractivity contribution in [1.29, 1.82) is 0 Å². The first-order chi connectivity index (χ1) is 9.47. The normalized spacial score (nSPS) is 11.3. The molecule has 0 aliphatic rings. The van der Waals surface area contributed by atoms with Crippen molar-refractivity contribution in [3.8, 4) is 11.3 Å². The second kappa shape index (κ2) is 6.74. The third kappa shape index (κ3) is 3.84. The number of nitrogens with zero attached hydrogens (tertiary/aromatic N) is 2. The molecule has 1 aromatic carbocycles. The van der Waals surface area contributed by atoms with E-state index in [4.69, 9.17) is 11.6 Å². The van der Waals surface area contributed by atoms with Crippen LogP contribution in [0.25, 0.3) is 11.3 Å². The van der Waals surface area contributed by atoms with E-state index in [1.807, 2.05) is 36.1 Å². The molecule has 0 spiro atoms. The van der Waals surface area contributed by atoms with Gasteiger partial charge in [0.05, 0.1) is 10.7 Å². The average Bonchev–Trinajstić information content (AvgIpc) is 2.70. The molecule has 2 rings (SSSR count). The summed E-state index contributed by atoms with van der Waals surface area (Å²) in [5.41, 5.74) is 3.08. The van der Waals surface area contributed by atoms with Crippen molar-refractivity contribution < 1.29 is 0 Å². The number of hydrogen-bond acceptors (Lipinski definition) is 2. The number of rotatable bonds is 5. The Bertz CT molecular complexity index is 593. The van der Waals surface area contributed by atoms with Gasteiger partial charge in [0, 0.05) is 35.4 Å². The van der Waals surface area contributed by atoms with Gasteiger partial charge >= 0.3 is 0 Å². The molecule has 0 radical (unpaired) electrons. The predicted molar refractivity (Wildman–Crippen MR) is 87.9 cm³/mol. The van der Waals surface area contributed by atoms with Crippen molar-refractivity contribution in [2.24, 2.45) is 13.0 Å². The van der Waals surface area contributed by atoms with E-state index in [0.29, 0.717) is 10.9 Å². The lowest BCUT2D eigenvalue weighted by Gasteiger charge is -2.08. The molecular formula is C15H19BrClN3. The maximum atomic E-state index is 6.33. The summed E-state index contributed by atoms with van der Waals surface area (Å²) in [4.78, 5) is 0. The lowest BCUT2D eigenvalue weighted by atomic mass is 10.1. The number of benzene rings is 1. The fraction of sp³-hybridized carbons (Fsp3) is 0.400. The van der Waals surface area contributed by atoms with Gasteiger partial charge < -0.3 is 5.32 Å². The van der Waals surface area contributed by atoms with E-state index >= 15 is 0 Å². The summed E-state index contributed by atoms with van der Waals surface area (Å²) in [5, 5.41) is 8.71. The van der Waals surface area contributed by atoms with Crippen molar-refractivity contribution in [2.75, 3.05) is 6.54 Å². The predicted octanol–water partition coefficient (Wildman–Crippen LogP) is 4.25. The van der Waals surface area contributed by atoms with Crippen LogP contribution in [0.1, 0.15) is 19.4 Å². The maximum Gasteiger partial charge on any atom is 0.0982 e. The monoisotopic (exact) mass is 355 g/mol. The van der Waals surface area contributed by atoms with Crippen LogP contribution in [-0.2, 0) is 13.6 Å². The number of hydrogen-bond donors (Lipinski definition) is 1. The van der Waals surface area contributed by atoms with Gasteiger partial charge in [-0.15, -0.1) is 0 Å². The minimum absolute atomic E-state index is 0.631. The van der Waals surface area contributed by atoms with Crippen LogP contribution in [0, 0.1) is 5.92 Å². The molecule has 0 saturated heterocycles. The zero-order valence-corrected chi connectivity index (χ0v) is 14.3. The van der Waals surface area contributed by atoms with Gasteiger partial charge in [0.25, 0.3) is 0 Å². The lowest BCUT2D eigenvalue weighted by molar-refractivity contribution is 0.552. The lowest BCUT2D eigenvalue weighted by Crippen LogP contribution is -2.19. The molecule has 1 aromatic heterocycles. The largest absolute Gasteiger partial charge is 0.312 e. The van der Waals surface area contributed by atoms with Crippen LogP contribution in [0.4, 0.5) is 0 Å². The first kappa shape index (κ1) is 15.5. The van der Waals surface area contributed by atoms with Gasteiger partial charge in [-0.2, -0.15) is 5.10 Å². The van der Waals surface area contributed by atoms with E-state index in [-0.39, 0.29) is 0 Å². The summed E-state index contributed by atoms with van der Waals surface area (Å²) in [5.74, 6) is 0.631. The Morgan fingerprint density at radius 3 is 2.80 bits per heavy atom.